The number of amides is 1. The Morgan fingerprint density at radius 3 is 3.00 bits per heavy atom. The fraction of sp³-hybridized carbons (Fsp3) is 0.500. The molecule has 1 N–H and O–H groups in total. The summed E-state index contributed by atoms with van der Waals surface area (Å²) in [7, 11) is 0. The van der Waals surface area contributed by atoms with Crippen LogP contribution in [0.2, 0.25) is 0 Å². The lowest BCUT2D eigenvalue weighted by atomic mass is 9.98. The summed E-state index contributed by atoms with van der Waals surface area (Å²) in [6, 6.07) is 5.91. The lowest BCUT2D eigenvalue weighted by Crippen LogP contribution is -2.29. The molecule has 1 aliphatic heterocycles. The standard InChI is InChI=1S/C14H18BrNO2/c1-3-13-10(6-7-18-13)14(17)16-12-5-4-9(2)8-11(12)15/h4-5,8,10,13H,3,6-7H2,1-2H3,(H,16,17). The van der Waals surface area contributed by atoms with Crippen molar-refractivity contribution in [1.82, 2.24) is 0 Å². The van der Waals surface area contributed by atoms with Gasteiger partial charge in [0.2, 0.25) is 5.91 Å². The Morgan fingerprint density at radius 1 is 1.56 bits per heavy atom. The topological polar surface area (TPSA) is 38.3 Å². The highest BCUT2D eigenvalue weighted by molar-refractivity contribution is 9.10. The molecule has 0 radical (unpaired) electrons. The molecule has 98 valence electrons. The predicted molar refractivity (Wildman–Crippen MR) is 75.6 cm³/mol. The molecule has 1 aromatic carbocycles. The number of halogens is 1. The molecule has 0 aromatic heterocycles. The van der Waals surface area contributed by atoms with Crippen LogP contribution in [0.3, 0.4) is 0 Å². The molecule has 0 saturated carbocycles. The Kier molecular flexibility index (Phi) is 4.40. The van der Waals surface area contributed by atoms with Gasteiger partial charge in [-0.15, -0.1) is 0 Å². The van der Waals surface area contributed by atoms with E-state index >= 15 is 0 Å². The minimum Gasteiger partial charge on any atom is -0.377 e. The van der Waals surface area contributed by atoms with Crippen LogP contribution in [-0.4, -0.2) is 18.6 Å². The summed E-state index contributed by atoms with van der Waals surface area (Å²) in [5.74, 6) is 0.0344. The fourth-order valence-corrected chi connectivity index (χ4v) is 2.89. The molecular weight excluding hydrogens is 294 g/mol. The van der Waals surface area contributed by atoms with E-state index in [-0.39, 0.29) is 17.9 Å². The molecule has 4 heteroatoms. The summed E-state index contributed by atoms with van der Waals surface area (Å²) >= 11 is 3.47. The molecule has 0 spiro atoms. The molecule has 2 rings (SSSR count). The van der Waals surface area contributed by atoms with Crippen LogP contribution >= 0.6 is 15.9 Å². The summed E-state index contributed by atoms with van der Waals surface area (Å²) in [6.07, 6.45) is 1.76. The van der Waals surface area contributed by atoms with Crippen molar-refractivity contribution in [3.63, 3.8) is 0 Å². The smallest absolute Gasteiger partial charge is 0.230 e. The van der Waals surface area contributed by atoms with E-state index in [2.05, 4.69) is 28.2 Å². The first-order valence-corrected chi connectivity index (χ1v) is 7.09. The number of hydrogen-bond acceptors (Lipinski definition) is 2. The molecule has 1 aromatic rings. The summed E-state index contributed by atoms with van der Waals surface area (Å²) in [4.78, 5) is 12.2. The average molecular weight is 312 g/mol. The van der Waals surface area contributed by atoms with Crippen molar-refractivity contribution in [2.75, 3.05) is 11.9 Å². The van der Waals surface area contributed by atoms with E-state index in [0.717, 1.165) is 28.6 Å². The quantitative estimate of drug-likeness (QED) is 0.927. The molecule has 1 saturated heterocycles. The summed E-state index contributed by atoms with van der Waals surface area (Å²) in [6.45, 7) is 4.76. The van der Waals surface area contributed by atoms with Crippen LogP contribution in [0.25, 0.3) is 0 Å². The first kappa shape index (κ1) is 13.6. The zero-order valence-electron chi connectivity index (χ0n) is 10.7. The zero-order chi connectivity index (χ0) is 13.1. The molecule has 0 aliphatic carbocycles. The highest BCUT2D eigenvalue weighted by atomic mass is 79.9. The van der Waals surface area contributed by atoms with E-state index in [1.807, 2.05) is 25.1 Å². The van der Waals surface area contributed by atoms with Gasteiger partial charge in [0, 0.05) is 11.1 Å². The third kappa shape index (κ3) is 2.93. The molecular formula is C14H18BrNO2. The van der Waals surface area contributed by atoms with Crippen molar-refractivity contribution in [1.29, 1.82) is 0 Å². The van der Waals surface area contributed by atoms with Gasteiger partial charge in [0.1, 0.15) is 0 Å². The van der Waals surface area contributed by atoms with Crippen molar-refractivity contribution in [3.8, 4) is 0 Å². The van der Waals surface area contributed by atoms with Gasteiger partial charge >= 0.3 is 0 Å². The average Bonchev–Trinajstić information content (AvgIpc) is 2.81. The van der Waals surface area contributed by atoms with Gasteiger partial charge in [-0.3, -0.25) is 4.79 Å². The number of carbonyl (C=O) groups is 1. The van der Waals surface area contributed by atoms with E-state index in [4.69, 9.17) is 4.74 Å². The maximum Gasteiger partial charge on any atom is 0.230 e. The van der Waals surface area contributed by atoms with Gasteiger partial charge in [0.25, 0.3) is 0 Å². The Balaban J connectivity index is 2.07. The van der Waals surface area contributed by atoms with E-state index in [9.17, 15) is 4.79 Å². The van der Waals surface area contributed by atoms with Gasteiger partial charge in [-0.05, 0) is 53.4 Å². The van der Waals surface area contributed by atoms with Gasteiger partial charge in [-0.1, -0.05) is 13.0 Å². The first-order chi connectivity index (χ1) is 8.61. The van der Waals surface area contributed by atoms with E-state index in [1.165, 1.54) is 0 Å². The van der Waals surface area contributed by atoms with Gasteiger partial charge in [0.05, 0.1) is 17.7 Å². The Bertz CT molecular complexity index is 447. The van der Waals surface area contributed by atoms with Crippen molar-refractivity contribution in [2.45, 2.75) is 32.8 Å². The van der Waals surface area contributed by atoms with Crippen LogP contribution in [0, 0.1) is 12.8 Å². The van der Waals surface area contributed by atoms with Crippen LogP contribution < -0.4 is 5.32 Å². The second kappa shape index (κ2) is 5.85. The van der Waals surface area contributed by atoms with Crippen LogP contribution in [0.5, 0.6) is 0 Å². The summed E-state index contributed by atoms with van der Waals surface area (Å²) < 4.78 is 6.47. The number of ether oxygens (including phenoxy) is 1. The molecule has 3 nitrogen and oxygen atoms in total. The maximum atomic E-state index is 12.2. The number of hydrogen-bond donors (Lipinski definition) is 1. The van der Waals surface area contributed by atoms with Crippen molar-refractivity contribution >= 4 is 27.5 Å². The first-order valence-electron chi connectivity index (χ1n) is 6.30. The van der Waals surface area contributed by atoms with Gasteiger partial charge < -0.3 is 10.1 Å². The number of carbonyl (C=O) groups excluding carboxylic acids is 1. The van der Waals surface area contributed by atoms with E-state index < -0.39 is 0 Å². The third-order valence-electron chi connectivity index (χ3n) is 3.33. The van der Waals surface area contributed by atoms with Crippen LogP contribution in [0.15, 0.2) is 22.7 Å². The van der Waals surface area contributed by atoms with Crippen LogP contribution in [0.1, 0.15) is 25.3 Å². The van der Waals surface area contributed by atoms with Crippen LogP contribution in [-0.2, 0) is 9.53 Å². The number of rotatable bonds is 3. The fourth-order valence-electron chi connectivity index (χ4n) is 2.30. The summed E-state index contributed by atoms with van der Waals surface area (Å²) in [5.41, 5.74) is 1.99. The zero-order valence-corrected chi connectivity index (χ0v) is 12.3. The highest BCUT2D eigenvalue weighted by Crippen LogP contribution is 2.28. The van der Waals surface area contributed by atoms with Gasteiger partial charge in [-0.25, -0.2) is 0 Å². The van der Waals surface area contributed by atoms with E-state index in [0.29, 0.717) is 6.61 Å². The number of nitrogens with one attached hydrogen (secondary N) is 1. The van der Waals surface area contributed by atoms with E-state index in [1.54, 1.807) is 0 Å². The highest BCUT2D eigenvalue weighted by Gasteiger charge is 2.32. The number of benzene rings is 1. The monoisotopic (exact) mass is 311 g/mol. The van der Waals surface area contributed by atoms with Crippen molar-refractivity contribution < 1.29 is 9.53 Å². The van der Waals surface area contributed by atoms with Gasteiger partial charge in [0.15, 0.2) is 0 Å². The lowest BCUT2D eigenvalue weighted by molar-refractivity contribution is -0.121. The normalized spacial score (nSPS) is 23.1. The Labute approximate surface area is 116 Å². The Hall–Kier alpha value is -0.870. The molecule has 1 aliphatic rings. The molecule has 2 unspecified atom stereocenters. The lowest BCUT2D eigenvalue weighted by Gasteiger charge is -2.17. The minimum absolute atomic E-state index is 0.0248. The molecule has 1 amide bonds. The third-order valence-corrected chi connectivity index (χ3v) is 3.99. The number of aryl methyl sites for hydroxylation is 1. The predicted octanol–water partition coefficient (Wildman–Crippen LogP) is 3.51. The van der Waals surface area contributed by atoms with Crippen LogP contribution in [0.4, 0.5) is 5.69 Å². The molecule has 1 fully saturated rings. The molecule has 18 heavy (non-hydrogen) atoms. The second-order valence-electron chi connectivity index (χ2n) is 4.69. The SMILES string of the molecule is CCC1OCCC1C(=O)Nc1ccc(C)cc1Br. The molecule has 2 atom stereocenters. The summed E-state index contributed by atoms with van der Waals surface area (Å²) in [5, 5.41) is 2.98. The molecule has 0 bridgehead atoms. The second-order valence-corrected chi connectivity index (χ2v) is 5.54. The van der Waals surface area contributed by atoms with Crippen molar-refractivity contribution in [2.24, 2.45) is 5.92 Å². The minimum atomic E-state index is -0.0248. The Morgan fingerprint density at radius 2 is 2.33 bits per heavy atom. The van der Waals surface area contributed by atoms with Crippen molar-refractivity contribution in [3.05, 3.63) is 28.2 Å². The largest absolute Gasteiger partial charge is 0.377 e. The molecule has 1 heterocycles. The number of anilines is 1. The maximum absolute atomic E-state index is 12.2. The van der Waals surface area contributed by atoms with Gasteiger partial charge in [-0.2, -0.15) is 0 Å².